The van der Waals surface area contributed by atoms with E-state index >= 15 is 0 Å². The van der Waals surface area contributed by atoms with E-state index in [0.29, 0.717) is 10.6 Å². The molecule has 0 radical (unpaired) electrons. The second-order valence-corrected chi connectivity index (χ2v) is 7.96. The second kappa shape index (κ2) is 7.05. The van der Waals surface area contributed by atoms with E-state index in [2.05, 4.69) is 4.72 Å². The first-order chi connectivity index (χ1) is 10.7. The average Bonchev–Trinajstić information content (AvgIpc) is 2.87. The van der Waals surface area contributed by atoms with Gasteiger partial charge in [-0.3, -0.25) is 4.90 Å². The molecule has 0 spiro atoms. The highest BCUT2D eigenvalue weighted by Gasteiger charge is 2.22. The number of sulfonamides is 1. The van der Waals surface area contributed by atoms with Crippen molar-refractivity contribution < 1.29 is 8.42 Å². The van der Waals surface area contributed by atoms with Gasteiger partial charge in [-0.15, -0.1) is 0 Å². The van der Waals surface area contributed by atoms with E-state index in [0.717, 1.165) is 5.69 Å². The maximum Gasteiger partial charge on any atom is 0.240 e. The van der Waals surface area contributed by atoms with Gasteiger partial charge < -0.3 is 4.57 Å². The number of hydrogen-bond donors (Lipinski definition) is 1. The Kier molecular flexibility index (Phi) is 5.52. The first-order valence-corrected chi connectivity index (χ1v) is 9.12. The first kappa shape index (κ1) is 18.0. The number of benzene rings is 1. The number of aryl methyl sites for hydroxylation is 2. The van der Waals surface area contributed by atoms with Crippen molar-refractivity contribution in [2.75, 3.05) is 20.6 Å². The van der Waals surface area contributed by atoms with Gasteiger partial charge in [0.15, 0.2) is 0 Å². The number of hydrogen-bond acceptors (Lipinski definition) is 3. The summed E-state index contributed by atoms with van der Waals surface area (Å²) in [5.74, 6) is 0. The lowest BCUT2D eigenvalue weighted by Crippen LogP contribution is -2.35. The Morgan fingerprint density at radius 3 is 2.57 bits per heavy atom. The van der Waals surface area contributed by atoms with Crippen LogP contribution in [0.2, 0.25) is 5.02 Å². The van der Waals surface area contributed by atoms with Crippen LogP contribution in [0.25, 0.3) is 0 Å². The van der Waals surface area contributed by atoms with Gasteiger partial charge in [-0.05, 0) is 50.8 Å². The van der Waals surface area contributed by atoms with Gasteiger partial charge in [-0.2, -0.15) is 0 Å². The second-order valence-electron chi connectivity index (χ2n) is 5.79. The minimum Gasteiger partial charge on any atom is -0.353 e. The molecule has 2 rings (SSSR count). The zero-order chi connectivity index (χ0) is 17.2. The standard InChI is InChI=1S/C16H22ClN3O2S/c1-12-7-8-13(17)10-16(12)23(21,22)18-11-15(19(2)3)14-6-5-9-20(14)4/h5-10,15,18H,11H2,1-4H3/t15-/m0/s1. The third-order valence-electron chi connectivity index (χ3n) is 3.86. The van der Waals surface area contributed by atoms with Crippen LogP contribution in [0.3, 0.4) is 0 Å². The fourth-order valence-electron chi connectivity index (χ4n) is 2.50. The Labute approximate surface area is 142 Å². The molecule has 0 aliphatic carbocycles. The molecule has 0 saturated carbocycles. The van der Waals surface area contributed by atoms with Crippen LogP contribution in [0.15, 0.2) is 41.4 Å². The monoisotopic (exact) mass is 355 g/mol. The van der Waals surface area contributed by atoms with Gasteiger partial charge in [0.1, 0.15) is 0 Å². The minimum atomic E-state index is -3.62. The van der Waals surface area contributed by atoms with E-state index in [-0.39, 0.29) is 17.5 Å². The van der Waals surface area contributed by atoms with Crippen LogP contribution in [0.4, 0.5) is 0 Å². The molecule has 1 heterocycles. The molecule has 7 heteroatoms. The van der Waals surface area contributed by atoms with Gasteiger partial charge in [0.25, 0.3) is 0 Å². The quantitative estimate of drug-likeness (QED) is 0.866. The predicted molar refractivity (Wildman–Crippen MR) is 93.2 cm³/mol. The average molecular weight is 356 g/mol. The molecule has 5 nitrogen and oxygen atoms in total. The van der Waals surface area contributed by atoms with Crippen LogP contribution < -0.4 is 4.72 Å². The zero-order valence-electron chi connectivity index (χ0n) is 13.7. The molecule has 1 atom stereocenters. The molecule has 1 aromatic carbocycles. The number of aromatic nitrogens is 1. The van der Waals surface area contributed by atoms with Crippen molar-refractivity contribution in [2.45, 2.75) is 17.9 Å². The van der Waals surface area contributed by atoms with Crippen molar-refractivity contribution in [1.82, 2.24) is 14.2 Å². The fraction of sp³-hybridized carbons (Fsp3) is 0.375. The molecule has 1 N–H and O–H groups in total. The molecule has 2 aromatic rings. The number of rotatable bonds is 6. The number of nitrogens with zero attached hydrogens (tertiary/aromatic N) is 2. The summed E-state index contributed by atoms with van der Waals surface area (Å²) in [6, 6.07) is 8.74. The summed E-state index contributed by atoms with van der Waals surface area (Å²) in [7, 11) is 2.18. The van der Waals surface area contributed by atoms with E-state index in [1.165, 1.54) is 6.07 Å². The summed E-state index contributed by atoms with van der Waals surface area (Å²) in [6.07, 6.45) is 1.95. The zero-order valence-corrected chi connectivity index (χ0v) is 15.3. The number of likely N-dealkylation sites (N-methyl/N-ethyl adjacent to an activating group) is 1. The van der Waals surface area contributed by atoms with Gasteiger partial charge in [0.2, 0.25) is 10.0 Å². The van der Waals surface area contributed by atoms with E-state index in [4.69, 9.17) is 11.6 Å². The van der Waals surface area contributed by atoms with Gasteiger partial charge in [-0.25, -0.2) is 13.1 Å². The van der Waals surface area contributed by atoms with E-state index < -0.39 is 10.0 Å². The summed E-state index contributed by atoms with van der Waals surface area (Å²) in [6.45, 7) is 2.03. The van der Waals surface area contributed by atoms with Gasteiger partial charge in [0, 0.05) is 30.5 Å². The largest absolute Gasteiger partial charge is 0.353 e. The Balaban J connectivity index is 2.23. The maximum atomic E-state index is 12.6. The van der Waals surface area contributed by atoms with Gasteiger partial charge in [0.05, 0.1) is 10.9 Å². The van der Waals surface area contributed by atoms with E-state index in [9.17, 15) is 8.42 Å². The van der Waals surface area contributed by atoms with Crippen molar-refractivity contribution >= 4 is 21.6 Å². The van der Waals surface area contributed by atoms with E-state index in [1.807, 2.05) is 48.9 Å². The van der Waals surface area contributed by atoms with Crippen molar-refractivity contribution in [1.29, 1.82) is 0 Å². The van der Waals surface area contributed by atoms with Crippen molar-refractivity contribution in [3.63, 3.8) is 0 Å². The molecule has 0 bridgehead atoms. The topological polar surface area (TPSA) is 54.3 Å². The highest BCUT2D eigenvalue weighted by molar-refractivity contribution is 7.89. The summed E-state index contributed by atoms with van der Waals surface area (Å²) in [5.41, 5.74) is 1.71. The lowest BCUT2D eigenvalue weighted by Gasteiger charge is -2.25. The highest BCUT2D eigenvalue weighted by Crippen LogP contribution is 2.22. The van der Waals surface area contributed by atoms with Gasteiger partial charge in [-0.1, -0.05) is 17.7 Å². The van der Waals surface area contributed by atoms with Crippen LogP contribution >= 0.6 is 11.6 Å². The normalized spacial score (nSPS) is 13.5. The molecule has 0 aliphatic heterocycles. The molecule has 23 heavy (non-hydrogen) atoms. The van der Waals surface area contributed by atoms with E-state index in [1.54, 1.807) is 19.1 Å². The molecule has 1 aromatic heterocycles. The number of halogens is 1. The summed E-state index contributed by atoms with van der Waals surface area (Å²) >= 11 is 5.93. The van der Waals surface area contributed by atoms with Crippen LogP contribution in [0, 0.1) is 6.92 Å². The molecule has 0 saturated heterocycles. The Hall–Kier alpha value is -1.34. The van der Waals surface area contributed by atoms with Crippen molar-refractivity contribution in [3.05, 3.63) is 52.8 Å². The number of nitrogens with one attached hydrogen (secondary N) is 1. The Morgan fingerprint density at radius 1 is 1.30 bits per heavy atom. The highest BCUT2D eigenvalue weighted by atomic mass is 35.5. The summed E-state index contributed by atoms with van der Waals surface area (Å²) < 4.78 is 29.9. The molecular weight excluding hydrogens is 334 g/mol. The van der Waals surface area contributed by atoms with Gasteiger partial charge >= 0.3 is 0 Å². The predicted octanol–water partition coefficient (Wildman–Crippen LogP) is 2.57. The summed E-state index contributed by atoms with van der Waals surface area (Å²) in [5, 5.41) is 0.405. The Morgan fingerprint density at radius 2 is 2.00 bits per heavy atom. The minimum absolute atomic E-state index is 0.0655. The third-order valence-corrected chi connectivity index (χ3v) is 5.66. The lowest BCUT2D eigenvalue weighted by molar-refractivity contribution is 0.289. The molecule has 0 aliphatic rings. The fourth-order valence-corrected chi connectivity index (χ4v) is 4.05. The lowest BCUT2D eigenvalue weighted by atomic mass is 10.2. The first-order valence-electron chi connectivity index (χ1n) is 7.26. The maximum absolute atomic E-state index is 12.6. The molecule has 0 unspecified atom stereocenters. The SMILES string of the molecule is Cc1ccc(Cl)cc1S(=O)(=O)NC[C@@H](c1cccn1C)N(C)C. The van der Waals surface area contributed by atoms with Crippen molar-refractivity contribution in [3.8, 4) is 0 Å². The van der Waals surface area contributed by atoms with Crippen LogP contribution in [-0.2, 0) is 17.1 Å². The summed E-state index contributed by atoms with van der Waals surface area (Å²) in [4.78, 5) is 2.21. The molecule has 0 amide bonds. The van der Waals surface area contributed by atoms with Crippen LogP contribution in [0.1, 0.15) is 17.3 Å². The van der Waals surface area contributed by atoms with Crippen LogP contribution in [0.5, 0.6) is 0 Å². The molecular formula is C16H22ClN3O2S. The van der Waals surface area contributed by atoms with Crippen LogP contribution in [-0.4, -0.2) is 38.5 Å². The molecule has 126 valence electrons. The van der Waals surface area contributed by atoms with Crippen molar-refractivity contribution in [2.24, 2.45) is 7.05 Å². The smallest absolute Gasteiger partial charge is 0.240 e. The molecule has 0 fully saturated rings. The Bertz CT molecular complexity index is 784. The third kappa shape index (κ3) is 4.14.